The molecule has 0 saturated heterocycles. The lowest BCUT2D eigenvalue weighted by molar-refractivity contribution is -0.137. The highest BCUT2D eigenvalue weighted by atomic mass is 19.4. The topological polar surface area (TPSA) is 133 Å². The molecule has 1 amide bonds. The maximum Gasteiger partial charge on any atom is 0.417 e. The second-order valence-electron chi connectivity index (χ2n) is 7.66. The van der Waals surface area contributed by atoms with Gasteiger partial charge < -0.3 is 14.9 Å². The van der Waals surface area contributed by atoms with Gasteiger partial charge in [-0.1, -0.05) is 23.4 Å². The number of rotatable bonds is 5. The number of halogens is 3. The molecule has 0 aliphatic heterocycles. The highest BCUT2D eigenvalue weighted by Crippen LogP contribution is 2.40. The van der Waals surface area contributed by atoms with E-state index >= 15 is 0 Å². The molecule has 0 fully saturated rings. The van der Waals surface area contributed by atoms with E-state index in [0.717, 1.165) is 12.1 Å². The Bertz CT molecular complexity index is 1600. The SMILES string of the molecule is CC(=O)c1cc2c(C(=O)Nc3ccc(C#N)cc3C(=O)O)noc2cc1-c1ccccc1C(F)(F)F. The van der Waals surface area contributed by atoms with Crippen molar-refractivity contribution in [2.75, 3.05) is 5.32 Å². The Balaban J connectivity index is 1.82. The first-order chi connectivity index (χ1) is 17.0. The van der Waals surface area contributed by atoms with E-state index in [9.17, 15) is 32.7 Å². The Morgan fingerprint density at radius 2 is 1.75 bits per heavy atom. The molecule has 1 aromatic heterocycles. The number of carboxylic acids is 1. The fraction of sp³-hybridized carbons (Fsp3) is 0.0800. The minimum absolute atomic E-state index is 0.0384. The molecular formula is C25H14F3N3O5. The second-order valence-corrected chi connectivity index (χ2v) is 7.66. The third-order valence-electron chi connectivity index (χ3n) is 5.35. The number of benzene rings is 3. The summed E-state index contributed by atoms with van der Waals surface area (Å²) in [5, 5.41) is 24.5. The minimum Gasteiger partial charge on any atom is -0.478 e. The summed E-state index contributed by atoms with van der Waals surface area (Å²) in [4.78, 5) is 36.9. The summed E-state index contributed by atoms with van der Waals surface area (Å²) >= 11 is 0. The van der Waals surface area contributed by atoms with Crippen LogP contribution in [0, 0.1) is 11.3 Å². The molecule has 4 aromatic rings. The largest absolute Gasteiger partial charge is 0.478 e. The Kier molecular flexibility index (Phi) is 6.03. The van der Waals surface area contributed by atoms with Gasteiger partial charge >= 0.3 is 12.1 Å². The van der Waals surface area contributed by atoms with Crippen LogP contribution < -0.4 is 5.32 Å². The molecule has 0 spiro atoms. The number of fused-ring (bicyclic) bond motifs is 1. The number of aromatic nitrogens is 1. The third kappa shape index (κ3) is 4.39. The van der Waals surface area contributed by atoms with Crippen molar-refractivity contribution in [1.82, 2.24) is 5.16 Å². The number of nitrogens with one attached hydrogen (secondary N) is 1. The molecule has 3 aromatic carbocycles. The van der Waals surface area contributed by atoms with Crippen LogP contribution in [0.15, 0.2) is 59.1 Å². The Morgan fingerprint density at radius 3 is 2.39 bits per heavy atom. The van der Waals surface area contributed by atoms with Gasteiger partial charge in [0.2, 0.25) is 0 Å². The van der Waals surface area contributed by atoms with Crippen LogP contribution in [0.3, 0.4) is 0 Å². The predicted octanol–water partition coefficient (Wildman–Crippen LogP) is 5.54. The van der Waals surface area contributed by atoms with Crippen molar-refractivity contribution in [1.29, 1.82) is 5.26 Å². The monoisotopic (exact) mass is 493 g/mol. The highest BCUT2D eigenvalue weighted by molar-refractivity contribution is 6.14. The van der Waals surface area contributed by atoms with Crippen LogP contribution >= 0.6 is 0 Å². The molecule has 1 heterocycles. The van der Waals surface area contributed by atoms with Crippen LogP contribution in [0.5, 0.6) is 0 Å². The number of nitrogens with zero attached hydrogens (tertiary/aromatic N) is 2. The van der Waals surface area contributed by atoms with Crippen molar-refractivity contribution in [3.05, 3.63) is 82.5 Å². The van der Waals surface area contributed by atoms with E-state index in [2.05, 4.69) is 10.5 Å². The van der Waals surface area contributed by atoms with E-state index < -0.39 is 29.4 Å². The molecule has 180 valence electrons. The van der Waals surface area contributed by atoms with Gasteiger partial charge in [0, 0.05) is 5.56 Å². The van der Waals surface area contributed by atoms with E-state index in [4.69, 9.17) is 9.78 Å². The van der Waals surface area contributed by atoms with Crippen LogP contribution in [0.2, 0.25) is 0 Å². The minimum atomic E-state index is -4.69. The van der Waals surface area contributed by atoms with Crippen molar-refractivity contribution >= 4 is 34.3 Å². The molecule has 0 aliphatic rings. The number of alkyl halides is 3. The molecule has 11 heteroatoms. The molecule has 0 atom stereocenters. The van der Waals surface area contributed by atoms with Gasteiger partial charge in [-0.25, -0.2) is 4.79 Å². The van der Waals surface area contributed by atoms with Crippen molar-refractivity contribution in [2.45, 2.75) is 13.1 Å². The number of carbonyl (C=O) groups is 3. The van der Waals surface area contributed by atoms with Gasteiger partial charge in [0.1, 0.15) is 0 Å². The first-order valence-electron chi connectivity index (χ1n) is 10.2. The summed E-state index contributed by atoms with van der Waals surface area (Å²) < 4.78 is 46.0. The average molecular weight is 493 g/mol. The van der Waals surface area contributed by atoms with Crippen molar-refractivity contribution in [2.24, 2.45) is 0 Å². The lowest BCUT2D eigenvalue weighted by Gasteiger charge is -2.15. The summed E-state index contributed by atoms with van der Waals surface area (Å²) in [7, 11) is 0. The summed E-state index contributed by atoms with van der Waals surface area (Å²) in [6, 6.07) is 12.6. The summed E-state index contributed by atoms with van der Waals surface area (Å²) in [5.41, 5.74) is -2.12. The number of anilines is 1. The van der Waals surface area contributed by atoms with Gasteiger partial charge in [0.15, 0.2) is 17.1 Å². The van der Waals surface area contributed by atoms with E-state index in [-0.39, 0.29) is 50.2 Å². The van der Waals surface area contributed by atoms with Crippen molar-refractivity contribution in [3.63, 3.8) is 0 Å². The fourth-order valence-electron chi connectivity index (χ4n) is 3.71. The van der Waals surface area contributed by atoms with Crippen LogP contribution in [-0.2, 0) is 6.18 Å². The van der Waals surface area contributed by atoms with E-state index in [1.165, 1.54) is 49.4 Å². The van der Waals surface area contributed by atoms with Gasteiger partial charge in [-0.15, -0.1) is 0 Å². The number of hydrogen-bond acceptors (Lipinski definition) is 6. The number of carboxylic acid groups (broad SMARTS) is 1. The molecule has 0 aliphatic carbocycles. The van der Waals surface area contributed by atoms with Crippen LogP contribution in [0.4, 0.5) is 18.9 Å². The molecular weight excluding hydrogens is 479 g/mol. The number of carbonyl (C=O) groups excluding carboxylic acids is 2. The predicted molar refractivity (Wildman–Crippen MR) is 121 cm³/mol. The molecule has 0 saturated carbocycles. The zero-order chi connectivity index (χ0) is 26.2. The van der Waals surface area contributed by atoms with Gasteiger partial charge in [-0.05, 0) is 54.4 Å². The van der Waals surface area contributed by atoms with Crippen LogP contribution in [-0.4, -0.2) is 27.9 Å². The zero-order valence-electron chi connectivity index (χ0n) is 18.3. The number of Topliss-reactive ketones (excluding diaryl/α,β-unsaturated/α-hetero) is 1. The first-order valence-corrected chi connectivity index (χ1v) is 10.2. The normalized spacial score (nSPS) is 11.2. The zero-order valence-corrected chi connectivity index (χ0v) is 18.3. The third-order valence-corrected chi connectivity index (χ3v) is 5.35. The number of hydrogen-bond donors (Lipinski definition) is 2. The second kappa shape index (κ2) is 8.99. The van der Waals surface area contributed by atoms with Gasteiger partial charge in [0.05, 0.1) is 33.8 Å². The summed E-state index contributed by atoms with van der Waals surface area (Å²) in [6.07, 6.45) is -4.69. The van der Waals surface area contributed by atoms with Crippen molar-refractivity contribution in [3.8, 4) is 17.2 Å². The standard InChI is InChI=1S/C25H14F3N3O5/c1-12(32)15-9-18-21(10-16(15)14-4-2-3-5-19(14)25(26,27)28)36-31-22(18)23(33)30-20-7-6-13(11-29)8-17(20)24(34)35/h2-10H,1H3,(H,30,33)(H,34,35). The number of amides is 1. The lowest BCUT2D eigenvalue weighted by Crippen LogP contribution is -2.15. The van der Waals surface area contributed by atoms with Gasteiger partial charge in [0.25, 0.3) is 5.91 Å². The van der Waals surface area contributed by atoms with E-state index in [1.807, 2.05) is 0 Å². The van der Waals surface area contributed by atoms with E-state index in [0.29, 0.717) is 0 Å². The Labute approximate surface area is 200 Å². The Morgan fingerprint density at radius 1 is 1.03 bits per heavy atom. The number of ketones is 1. The fourth-order valence-corrected chi connectivity index (χ4v) is 3.71. The molecule has 36 heavy (non-hydrogen) atoms. The van der Waals surface area contributed by atoms with Crippen LogP contribution in [0.1, 0.15) is 49.3 Å². The molecule has 0 radical (unpaired) electrons. The maximum absolute atomic E-state index is 13.6. The first kappa shape index (κ1) is 24.2. The Hall–Kier alpha value is -4.98. The quantitative estimate of drug-likeness (QED) is 0.349. The molecule has 8 nitrogen and oxygen atoms in total. The smallest absolute Gasteiger partial charge is 0.417 e. The molecule has 2 N–H and O–H groups in total. The number of aromatic carboxylic acids is 1. The lowest BCUT2D eigenvalue weighted by atomic mass is 9.92. The van der Waals surface area contributed by atoms with Crippen molar-refractivity contribution < 1.29 is 37.2 Å². The van der Waals surface area contributed by atoms with Gasteiger partial charge in [-0.3, -0.25) is 9.59 Å². The number of nitriles is 1. The summed E-state index contributed by atoms with van der Waals surface area (Å²) in [6.45, 7) is 1.17. The van der Waals surface area contributed by atoms with E-state index in [1.54, 1.807) is 6.07 Å². The summed E-state index contributed by atoms with van der Waals surface area (Å²) in [5.74, 6) is -2.84. The molecule has 4 rings (SSSR count). The van der Waals surface area contributed by atoms with Gasteiger partial charge in [-0.2, -0.15) is 18.4 Å². The average Bonchev–Trinajstić information content (AvgIpc) is 3.26. The van der Waals surface area contributed by atoms with Crippen LogP contribution in [0.25, 0.3) is 22.1 Å². The maximum atomic E-state index is 13.6. The molecule has 0 unspecified atom stereocenters. The highest BCUT2D eigenvalue weighted by Gasteiger charge is 2.34. The molecule has 0 bridgehead atoms.